The largest absolute Gasteiger partial charge is 0.513 e. The van der Waals surface area contributed by atoms with Crippen molar-refractivity contribution in [2.45, 2.75) is 6.92 Å². The number of nitrogens with one attached hydrogen (secondary N) is 2. The number of nitrogens with zero attached hydrogens (tertiary/aromatic N) is 2. The van der Waals surface area contributed by atoms with Gasteiger partial charge in [0.05, 0.1) is 12.8 Å². The van der Waals surface area contributed by atoms with Crippen LogP contribution in [0, 0.1) is 0 Å². The second kappa shape index (κ2) is 9.78. The zero-order valence-corrected chi connectivity index (χ0v) is 16.0. The maximum atomic E-state index is 12.5. The fourth-order valence-electron chi connectivity index (χ4n) is 2.41. The van der Waals surface area contributed by atoms with E-state index in [9.17, 15) is 14.4 Å². The van der Waals surface area contributed by atoms with Gasteiger partial charge in [0.15, 0.2) is 0 Å². The molecule has 2 aromatic carbocycles. The number of benzene rings is 2. The van der Waals surface area contributed by atoms with Crippen LogP contribution in [0.3, 0.4) is 0 Å². The Morgan fingerprint density at radius 1 is 0.933 bits per heavy atom. The summed E-state index contributed by atoms with van der Waals surface area (Å²) >= 11 is 0. The lowest BCUT2D eigenvalue weighted by Gasteiger charge is -2.09. The van der Waals surface area contributed by atoms with Gasteiger partial charge >= 0.3 is 6.16 Å². The summed E-state index contributed by atoms with van der Waals surface area (Å²) in [6.45, 7) is 1.88. The second-order valence-electron chi connectivity index (χ2n) is 5.89. The van der Waals surface area contributed by atoms with Gasteiger partial charge in [-0.25, -0.2) is 9.78 Å². The van der Waals surface area contributed by atoms with Gasteiger partial charge in [0.1, 0.15) is 11.4 Å². The maximum Gasteiger partial charge on any atom is 0.513 e. The van der Waals surface area contributed by atoms with Gasteiger partial charge in [-0.1, -0.05) is 6.07 Å². The summed E-state index contributed by atoms with van der Waals surface area (Å²) in [5.74, 6) is -0.516. The first-order chi connectivity index (χ1) is 14.5. The minimum absolute atomic E-state index is 0.178. The highest BCUT2D eigenvalue weighted by molar-refractivity contribution is 6.05. The van der Waals surface area contributed by atoms with Crippen molar-refractivity contribution >= 4 is 29.3 Å². The fourth-order valence-corrected chi connectivity index (χ4v) is 2.41. The molecule has 30 heavy (non-hydrogen) atoms. The van der Waals surface area contributed by atoms with E-state index < -0.39 is 12.1 Å². The van der Waals surface area contributed by atoms with E-state index in [-0.39, 0.29) is 24.0 Å². The molecule has 1 heterocycles. The molecule has 0 aliphatic heterocycles. The highest BCUT2D eigenvalue weighted by atomic mass is 16.7. The standard InChI is InChI=1S/C21H18N4O5/c1-2-29-21(28)30-17-8-6-14(7-9-17)19(26)24-15-4-3-5-16(12-15)25-20(27)18-13-22-10-11-23-18/h3-13H,2H2,1H3,(H,24,26)(H,25,27). The SMILES string of the molecule is CCOC(=O)Oc1ccc(C(=O)Nc2cccc(NC(=O)c3cnccn3)c2)cc1. The van der Waals surface area contributed by atoms with Crippen LogP contribution in [-0.2, 0) is 4.74 Å². The number of anilines is 2. The van der Waals surface area contributed by atoms with Crippen LogP contribution in [0.5, 0.6) is 5.75 Å². The van der Waals surface area contributed by atoms with Crippen molar-refractivity contribution in [1.82, 2.24) is 9.97 Å². The van der Waals surface area contributed by atoms with Crippen molar-refractivity contribution in [3.05, 3.63) is 78.4 Å². The molecule has 0 saturated heterocycles. The highest BCUT2D eigenvalue weighted by Crippen LogP contribution is 2.18. The molecule has 3 rings (SSSR count). The number of hydrogen-bond acceptors (Lipinski definition) is 7. The topological polar surface area (TPSA) is 120 Å². The van der Waals surface area contributed by atoms with E-state index in [4.69, 9.17) is 9.47 Å². The Morgan fingerprint density at radius 3 is 2.27 bits per heavy atom. The van der Waals surface area contributed by atoms with Crippen LogP contribution in [0.15, 0.2) is 67.1 Å². The molecule has 0 bridgehead atoms. The molecule has 152 valence electrons. The number of carbonyl (C=O) groups excluding carboxylic acids is 3. The molecule has 0 saturated carbocycles. The Balaban J connectivity index is 1.62. The number of rotatable bonds is 6. The minimum Gasteiger partial charge on any atom is -0.434 e. The molecule has 3 aromatic rings. The quantitative estimate of drug-likeness (QED) is 0.475. The van der Waals surface area contributed by atoms with Gasteiger partial charge in [0, 0.05) is 29.3 Å². The van der Waals surface area contributed by atoms with Crippen molar-refractivity contribution in [2.24, 2.45) is 0 Å². The molecule has 2 amide bonds. The van der Waals surface area contributed by atoms with Crippen molar-refractivity contribution < 1.29 is 23.9 Å². The maximum absolute atomic E-state index is 12.5. The van der Waals surface area contributed by atoms with Gasteiger partial charge in [-0.3, -0.25) is 14.6 Å². The van der Waals surface area contributed by atoms with E-state index in [1.54, 1.807) is 31.2 Å². The third-order valence-corrected chi connectivity index (χ3v) is 3.75. The molecule has 9 heteroatoms. The second-order valence-corrected chi connectivity index (χ2v) is 5.89. The number of carbonyl (C=O) groups is 3. The summed E-state index contributed by atoms with van der Waals surface area (Å²) in [6.07, 6.45) is 3.45. The summed E-state index contributed by atoms with van der Waals surface area (Å²) in [7, 11) is 0. The molecule has 0 spiro atoms. The average molecular weight is 406 g/mol. The van der Waals surface area contributed by atoms with E-state index in [0.29, 0.717) is 16.9 Å². The lowest BCUT2D eigenvalue weighted by molar-refractivity contribution is 0.101. The average Bonchev–Trinajstić information content (AvgIpc) is 2.75. The fraction of sp³-hybridized carbons (Fsp3) is 0.0952. The van der Waals surface area contributed by atoms with Crippen molar-refractivity contribution in [3.63, 3.8) is 0 Å². The Bertz CT molecular complexity index is 1040. The molecule has 0 unspecified atom stereocenters. The zero-order valence-electron chi connectivity index (χ0n) is 16.0. The Hall–Kier alpha value is -4.27. The van der Waals surface area contributed by atoms with Crippen molar-refractivity contribution in [3.8, 4) is 5.75 Å². The normalized spacial score (nSPS) is 10.0. The Kier molecular flexibility index (Phi) is 6.67. The van der Waals surface area contributed by atoms with E-state index in [1.165, 1.54) is 42.9 Å². The molecule has 2 N–H and O–H groups in total. The van der Waals surface area contributed by atoms with Crippen LogP contribution in [0.1, 0.15) is 27.8 Å². The van der Waals surface area contributed by atoms with Gasteiger partial charge in [0.25, 0.3) is 11.8 Å². The molecule has 0 aliphatic rings. The van der Waals surface area contributed by atoms with Gasteiger partial charge < -0.3 is 20.1 Å². The monoisotopic (exact) mass is 406 g/mol. The first-order valence-corrected chi connectivity index (χ1v) is 8.98. The van der Waals surface area contributed by atoms with Gasteiger partial charge in [-0.2, -0.15) is 0 Å². The molecule has 0 aliphatic carbocycles. The molecule has 0 atom stereocenters. The minimum atomic E-state index is -0.810. The highest BCUT2D eigenvalue weighted by Gasteiger charge is 2.11. The molecular formula is C21H18N4O5. The first-order valence-electron chi connectivity index (χ1n) is 8.98. The van der Waals surface area contributed by atoms with Crippen molar-refractivity contribution in [2.75, 3.05) is 17.2 Å². The lowest BCUT2D eigenvalue weighted by Crippen LogP contribution is -2.15. The summed E-state index contributed by atoms with van der Waals surface area (Å²) < 4.78 is 9.65. The smallest absolute Gasteiger partial charge is 0.434 e. The van der Waals surface area contributed by atoms with E-state index >= 15 is 0 Å². The van der Waals surface area contributed by atoms with Gasteiger partial charge in [-0.05, 0) is 49.4 Å². The molecule has 0 fully saturated rings. The van der Waals surface area contributed by atoms with Crippen LogP contribution in [0.25, 0.3) is 0 Å². The zero-order chi connectivity index (χ0) is 21.3. The van der Waals surface area contributed by atoms with Gasteiger partial charge in [0.2, 0.25) is 0 Å². The van der Waals surface area contributed by atoms with Crippen LogP contribution in [0.2, 0.25) is 0 Å². The third kappa shape index (κ3) is 5.61. The number of hydrogen-bond donors (Lipinski definition) is 2. The molecule has 9 nitrogen and oxygen atoms in total. The predicted octanol–water partition coefficient (Wildman–Crippen LogP) is 3.52. The summed E-state index contributed by atoms with van der Waals surface area (Å²) in [6, 6.07) is 12.7. The number of amides is 2. The molecular weight excluding hydrogens is 388 g/mol. The van der Waals surface area contributed by atoms with Crippen LogP contribution < -0.4 is 15.4 Å². The lowest BCUT2D eigenvalue weighted by atomic mass is 10.2. The van der Waals surface area contributed by atoms with Crippen molar-refractivity contribution in [1.29, 1.82) is 0 Å². The summed E-state index contributed by atoms with van der Waals surface area (Å²) in [5.41, 5.74) is 1.52. The van der Waals surface area contributed by atoms with E-state index in [0.717, 1.165) is 0 Å². The molecule has 0 radical (unpaired) electrons. The van der Waals surface area contributed by atoms with E-state index in [1.807, 2.05) is 0 Å². The third-order valence-electron chi connectivity index (χ3n) is 3.75. The predicted molar refractivity (Wildman–Crippen MR) is 108 cm³/mol. The van der Waals surface area contributed by atoms with Crippen LogP contribution in [-0.4, -0.2) is 34.5 Å². The molecule has 1 aromatic heterocycles. The summed E-state index contributed by atoms with van der Waals surface area (Å²) in [4.78, 5) is 43.7. The summed E-state index contributed by atoms with van der Waals surface area (Å²) in [5, 5.41) is 5.44. The first kappa shape index (κ1) is 20.5. The van der Waals surface area contributed by atoms with E-state index in [2.05, 4.69) is 20.6 Å². The van der Waals surface area contributed by atoms with Crippen LogP contribution >= 0.6 is 0 Å². The Morgan fingerprint density at radius 2 is 1.63 bits per heavy atom. The van der Waals surface area contributed by atoms with Crippen LogP contribution in [0.4, 0.5) is 16.2 Å². The number of ether oxygens (including phenoxy) is 2. The van der Waals surface area contributed by atoms with Gasteiger partial charge in [-0.15, -0.1) is 0 Å². The number of aromatic nitrogens is 2. The Labute approximate surface area is 172 Å².